The molecule has 0 fully saturated rings. The molecule has 0 aliphatic heterocycles. The van der Waals surface area contributed by atoms with Gasteiger partial charge in [-0.05, 0) is 71.5 Å². The van der Waals surface area contributed by atoms with Gasteiger partial charge >= 0.3 is 0 Å². The first-order valence-electron chi connectivity index (χ1n) is 9.04. The van der Waals surface area contributed by atoms with Gasteiger partial charge in [-0.1, -0.05) is 83.4 Å². The van der Waals surface area contributed by atoms with E-state index in [0.717, 1.165) is 10.0 Å². The average Bonchev–Trinajstić information content (AvgIpc) is 2.95. The highest BCUT2D eigenvalue weighted by molar-refractivity contribution is 6.31. The van der Waals surface area contributed by atoms with E-state index in [1.165, 1.54) is 39.0 Å². The molecular formula is C25H20Cl2. The van der Waals surface area contributed by atoms with Gasteiger partial charge in [-0.2, -0.15) is 0 Å². The van der Waals surface area contributed by atoms with Gasteiger partial charge in [0.25, 0.3) is 0 Å². The maximum Gasteiger partial charge on any atom is 0.0412 e. The topological polar surface area (TPSA) is 0 Å². The summed E-state index contributed by atoms with van der Waals surface area (Å²) >= 11 is 12.5. The van der Waals surface area contributed by atoms with Crippen LogP contribution in [0.15, 0.2) is 90.0 Å². The van der Waals surface area contributed by atoms with E-state index in [1.54, 1.807) is 0 Å². The lowest BCUT2D eigenvalue weighted by Crippen LogP contribution is -2.00. The zero-order valence-electron chi connectivity index (χ0n) is 15.3. The van der Waals surface area contributed by atoms with Crippen LogP contribution in [0.2, 0.25) is 10.0 Å². The van der Waals surface area contributed by atoms with Crippen molar-refractivity contribution in [3.8, 4) is 0 Å². The predicted molar refractivity (Wildman–Crippen MR) is 117 cm³/mol. The van der Waals surface area contributed by atoms with E-state index in [1.807, 2.05) is 18.2 Å². The monoisotopic (exact) mass is 390 g/mol. The Bertz CT molecular complexity index is 1040. The zero-order valence-corrected chi connectivity index (χ0v) is 16.9. The lowest BCUT2D eigenvalue weighted by molar-refractivity contribution is 1.00. The highest BCUT2D eigenvalue weighted by Gasteiger charge is 2.32. The van der Waals surface area contributed by atoms with E-state index < -0.39 is 0 Å². The second kappa shape index (κ2) is 7.38. The standard InChI is InChI=1S/C25H20Cl2/c1-16(2)14-23-24(18-8-10-19(26)11-9-18)21-13-12-20(27)15-22(21)25(23)17-6-4-3-5-7-17/h3-15,24H,1-2H3. The van der Waals surface area contributed by atoms with Crippen LogP contribution in [-0.4, -0.2) is 0 Å². The summed E-state index contributed by atoms with van der Waals surface area (Å²) in [6, 6.07) is 25.0. The molecule has 4 rings (SSSR count). The van der Waals surface area contributed by atoms with E-state index in [-0.39, 0.29) is 5.92 Å². The smallest absolute Gasteiger partial charge is 0.0412 e. The molecule has 1 aliphatic carbocycles. The summed E-state index contributed by atoms with van der Waals surface area (Å²) in [5.74, 6) is 0.166. The SMILES string of the molecule is CC(C)=CC1=C(c2ccccc2)c2cc(Cl)ccc2C1c1ccc(Cl)cc1. The van der Waals surface area contributed by atoms with Crippen LogP contribution in [0.3, 0.4) is 0 Å². The molecule has 27 heavy (non-hydrogen) atoms. The van der Waals surface area contributed by atoms with Gasteiger partial charge in [0.05, 0.1) is 0 Å². The lowest BCUT2D eigenvalue weighted by atomic mass is 9.87. The highest BCUT2D eigenvalue weighted by Crippen LogP contribution is 2.49. The molecule has 2 heteroatoms. The van der Waals surface area contributed by atoms with Gasteiger partial charge in [-0.15, -0.1) is 0 Å². The summed E-state index contributed by atoms with van der Waals surface area (Å²) in [6.45, 7) is 4.29. The quantitative estimate of drug-likeness (QED) is 0.426. The van der Waals surface area contributed by atoms with Crippen molar-refractivity contribution in [3.63, 3.8) is 0 Å². The van der Waals surface area contributed by atoms with E-state index in [4.69, 9.17) is 23.2 Å². The third-order valence-corrected chi connectivity index (χ3v) is 5.39. The molecule has 0 amide bonds. The number of benzene rings is 3. The molecule has 1 atom stereocenters. The van der Waals surface area contributed by atoms with E-state index >= 15 is 0 Å². The molecular weight excluding hydrogens is 371 g/mol. The molecule has 0 radical (unpaired) electrons. The number of fused-ring (bicyclic) bond motifs is 1. The van der Waals surface area contributed by atoms with Crippen molar-refractivity contribution in [2.45, 2.75) is 19.8 Å². The van der Waals surface area contributed by atoms with E-state index in [9.17, 15) is 0 Å². The van der Waals surface area contributed by atoms with Gasteiger partial charge in [0.15, 0.2) is 0 Å². The Hall–Kier alpha value is -2.28. The summed E-state index contributed by atoms with van der Waals surface area (Å²) < 4.78 is 0. The second-order valence-electron chi connectivity index (χ2n) is 7.13. The number of hydrogen-bond acceptors (Lipinski definition) is 0. The number of allylic oxidation sites excluding steroid dienone is 3. The zero-order chi connectivity index (χ0) is 19.0. The minimum atomic E-state index is 0.166. The van der Waals surface area contributed by atoms with Crippen molar-refractivity contribution in [1.82, 2.24) is 0 Å². The minimum absolute atomic E-state index is 0.166. The summed E-state index contributed by atoms with van der Waals surface area (Å²) in [7, 11) is 0. The van der Waals surface area contributed by atoms with Gasteiger partial charge in [0.2, 0.25) is 0 Å². The summed E-state index contributed by atoms with van der Waals surface area (Å²) in [6.07, 6.45) is 2.30. The Morgan fingerprint density at radius 3 is 2.15 bits per heavy atom. The number of hydrogen-bond donors (Lipinski definition) is 0. The third-order valence-electron chi connectivity index (χ3n) is 4.91. The fraction of sp³-hybridized carbons (Fsp3) is 0.120. The van der Waals surface area contributed by atoms with Crippen molar-refractivity contribution < 1.29 is 0 Å². The van der Waals surface area contributed by atoms with Gasteiger partial charge in [0.1, 0.15) is 0 Å². The Morgan fingerprint density at radius 1 is 0.815 bits per heavy atom. The molecule has 0 heterocycles. The minimum Gasteiger partial charge on any atom is -0.0843 e. The Morgan fingerprint density at radius 2 is 1.48 bits per heavy atom. The summed E-state index contributed by atoms with van der Waals surface area (Å²) in [5, 5.41) is 1.51. The van der Waals surface area contributed by atoms with Crippen LogP contribution < -0.4 is 0 Å². The van der Waals surface area contributed by atoms with Crippen molar-refractivity contribution >= 4 is 28.8 Å². The molecule has 1 aliphatic rings. The van der Waals surface area contributed by atoms with Gasteiger partial charge in [-0.3, -0.25) is 0 Å². The molecule has 0 spiro atoms. The lowest BCUT2D eigenvalue weighted by Gasteiger charge is -2.16. The first-order valence-corrected chi connectivity index (χ1v) is 9.80. The summed E-state index contributed by atoms with van der Waals surface area (Å²) in [4.78, 5) is 0. The first-order chi connectivity index (χ1) is 13.0. The molecule has 3 aromatic carbocycles. The summed E-state index contributed by atoms with van der Waals surface area (Å²) in [5.41, 5.74) is 8.78. The largest absolute Gasteiger partial charge is 0.0843 e. The number of halogens is 2. The van der Waals surface area contributed by atoms with Gasteiger partial charge < -0.3 is 0 Å². The maximum atomic E-state index is 6.39. The second-order valence-corrected chi connectivity index (χ2v) is 8.01. The fourth-order valence-corrected chi connectivity index (χ4v) is 4.17. The molecule has 3 aromatic rings. The van der Waals surface area contributed by atoms with Crippen LogP contribution in [-0.2, 0) is 0 Å². The molecule has 134 valence electrons. The maximum absolute atomic E-state index is 6.39. The Balaban J connectivity index is 2.04. The first kappa shape index (κ1) is 18.1. The van der Waals surface area contributed by atoms with E-state index in [2.05, 4.69) is 74.5 Å². The van der Waals surface area contributed by atoms with E-state index in [0.29, 0.717) is 0 Å². The molecule has 0 bridgehead atoms. The van der Waals surface area contributed by atoms with Crippen molar-refractivity contribution in [2.75, 3.05) is 0 Å². The average molecular weight is 391 g/mol. The van der Waals surface area contributed by atoms with Crippen LogP contribution in [0.1, 0.15) is 42.0 Å². The van der Waals surface area contributed by atoms with Crippen LogP contribution >= 0.6 is 23.2 Å². The van der Waals surface area contributed by atoms with Crippen LogP contribution in [0.4, 0.5) is 0 Å². The van der Waals surface area contributed by atoms with Crippen LogP contribution in [0.5, 0.6) is 0 Å². The number of rotatable bonds is 3. The van der Waals surface area contributed by atoms with Gasteiger partial charge in [-0.25, -0.2) is 0 Å². The molecule has 0 N–H and O–H groups in total. The normalized spacial score (nSPS) is 15.6. The van der Waals surface area contributed by atoms with Crippen molar-refractivity contribution in [1.29, 1.82) is 0 Å². The Kier molecular flexibility index (Phi) is 4.95. The van der Waals surface area contributed by atoms with Crippen molar-refractivity contribution in [2.24, 2.45) is 0 Å². The molecule has 1 unspecified atom stereocenters. The molecule has 0 aromatic heterocycles. The predicted octanol–water partition coefficient (Wildman–Crippen LogP) is 7.91. The highest BCUT2D eigenvalue weighted by atomic mass is 35.5. The van der Waals surface area contributed by atoms with Crippen molar-refractivity contribution in [3.05, 3.63) is 122 Å². The van der Waals surface area contributed by atoms with Crippen LogP contribution in [0.25, 0.3) is 5.57 Å². The molecule has 0 saturated heterocycles. The third kappa shape index (κ3) is 3.48. The molecule has 0 nitrogen and oxygen atoms in total. The Labute approximate surface area is 170 Å². The fourth-order valence-electron chi connectivity index (χ4n) is 3.87. The molecule has 0 saturated carbocycles. The van der Waals surface area contributed by atoms with Gasteiger partial charge in [0, 0.05) is 16.0 Å². The van der Waals surface area contributed by atoms with Crippen LogP contribution in [0, 0.1) is 0 Å².